The number of aliphatic carboxylic acids is 1. The Kier molecular flexibility index (Phi) is 4.31. The molecule has 0 heterocycles. The van der Waals surface area contributed by atoms with Crippen LogP contribution >= 0.6 is 0 Å². The summed E-state index contributed by atoms with van der Waals surface area (Å²) >= 11 is 0. The predicted molar refractivity (Wildman–Crippen MR) is 63.5 cm³/mol. The smallest absolute Gasteiger partial charge is 0.326 e. The van der Waals surface area contributed by atoms with Gasteiger partial charge in [-0.1, -0.05) is 12.1 Å². The zero-order valence-electron chi connectivity index (χ0n) is 9.46. The molecule has 1 aromatic rings. The van der Waals surface area contributed by atoms with Crippen molar-refractivity contribution in [1.29, 1.82) is 0 Å². The van der Waals surface area contributed by atoms with Gasteiger partial charge in [0.15, 0.2) is 0 Å². The molecule has 0 aromatic heterocycles. The zero-order valence-corrected chi connectivity index (χ0v) is 9.46. The van der Waals surface area contributed by atoms with Crippen LogP contribution in [0.15, 0.2) is 30.9 Å². The minimum Gasteiger partial charge on any atom is -0.507 e. The molecular formula is C12H13NO5. The molecule has 4 N–H and O–H groups in total. The lowest BCUT2D eigenvalue weighted by Crippen LogP contribution is -2.40. The summed E-state index contributed by atoms with van der Waals surface area (Å²) in [6.45, 7) is 3.38. The molecule has 0 aliphatic carbocycles. The van der Waals surface area contributed by atoms with E-state index in [9.17, 15) is 19.8 Å². The molecule has 0 spiro atoms. The molecule has 1 atom stereocenters. The number of hydrogen-bond acceptors (Lipinski definition) is 4. The maximum atomic E-state index is 11.7. The largest absolute Gasteiger partial charge is 0.507 e. The SMILES string of the molecule is C=CCC(NC(=O)c1c(O)cccc1O)C(=O)O. The second-order valence-corrected chi connectivity index (χ2v) is 3.56. The molecule has 1 amide bonds. The van der Waals surface area contributed by atoms with Gasteiger partial charge in [-0.3, -0.25) is 4.79 Å². The van der Waals surface area contributed by atoms with Gasteiger partial charge in [0.1, 0.15) is 23.1 Å². The number of phenolic OH excluding ortho intramolecular Hbond substituents is 2. The van der Waals surface area contributed by atoms with Crippen LogP contribution in [0, 0.1) is 0 Å². The Bertz CT molecular complexity index is 463. The number of rotatable bonds is 5. The van der Waals surface area contributed by atoms with Gasteiger partial charge in [-0.25, -0.2) is 4.79 Å². The molecule has 0 fully saturated rings. The van der Waals surface area contributed by atoms with Crippen molar-refractivity contribution in [3.8, 4) is 11.5 Å². The van der Waals surface area contributed by atoms with Crippen molar-refractivity contribution in [2.45, 2.75) is 12.5 Å². The number of carboxylic acid groups (broad SMARTS) is 1. The highest BCUT2D eigenvalue weighted by Crippen LogP contribution is 2.26. The first-order chi connectivity index (χ1) is 8.47. The molecule has 0 bridgehead atoms. The highest BCUT2D eigenvalue weighted by molar-refractivity contribution is 6.01. The van der Waals surface area contributed by atoms with Crippen LogP contribution in [0.25, 0.3) is 0 Å². The molecular weight excluding hydrogens is 238 g/mol. The minimum absolute atomic E-state index is 0.0371. The van der Waals surface area contributed by atoms with E-state index in [1.165, 1.54) is 24.3 Å². The monoisotopic (exact) mass is 251 g/mol. The Labute approximate surface area is 103 Å². The average molecular weight is 251 g/mol. The lowest BCUT2D eigenvalue weighted by molar-refractivity contribution is -0.139. The first-order valence-corrected chi connectivity index (χ1v) is 5.13. The Morgan fingerprint density at radius 1 is 1.33 bits per heavy atom. The van der Waals surface area contributed by atoms with Crippen LogP contribution in [0.2, 0.25) is 0 Å². The number of benzene rings is 1. The van der Waals surface area contributed by atoms with Crippen molar-refractivity contribution >= 4 is 11.9 Å². The number of carbonyl (C=O) groups excluding carboxylic acids is 1. The summed E-state index contributed by atoms with van der Waals surface area (Å²) in [6.07, 6.45) is 1.39. The number of phenols is 2. The molecule has 1 aromatic carbocycles. The van der Waals surface area contributed by atoms with E-state index in [1.54, 1.807) is 0 Å². The first-order valence-electron chi connectivity index (χ1n) is 5.13. The van der Waals surface area contributed by atoms with Crippen molar-refractivity contribution in [1.82, 2.24) is 5.32 Å². The van der Waals surface area contributed by atoms with E-state index in [-0.39, 0.29) is 12.0 Å². The fourth-order valence-electron chi connectivity index (χ4n) is 1.38. The number of carbonyl (C=O) groups is 2. The molecule has 0 aliphatic rings. The van der Waals surface area contributed by atoms with Crippen LogP contribution in [0.5, 0.6) is 11.5 Å². The summed E-state index contributed by atoms with van der Waals surface area (Å²) < 4.78 is 0. The maximum absolute atomic E-state index is 11.7. The van der Waals surface area contributed by atoms with Gasteiger partial charge in [-0.05, 0) is 18.6 Å². The van der Waals surface area contributed by atoms with Crippen molar-refractivity contribution in [3.63, 3.8) is 0 Å². The summed E-state index contributed by atoms with van der Waals surface area (Å²) in [4.78, 5) is 22.6. The van der Waals surface area contributed by atoms with E-state index in [0.717, 1.165) is 0 Å². The summed E-state index contributed by atoms with van der Waals surface area (Å²) in [5, 5.41) is 29.9. The van der Waals surface area contributed by atoms with E-state index in [2.05, 4.69) is 11.9 Å². The van der Waals surface area contributed by atoms with Crippen LogP contribution in [-0.4, -0.2) is 33.2 Å². The number of amides is 1. The molecule has 6 nitrogen and oxygen atoms in total. The Hall–Kier alpha value is -2.50. The minimum atomic E-state index is -1.22. The average Bonchev–Trinajstić information content (AvgIpc) is 2.28. The van der Waals surface area contributed by atoms with Gasteiger partial charge in [-0.2, -0.15) is 0 Å². The van der Waals surface area contributed by atoms with Crippen LogP contribution in [0.3, 0.4) is 0 Å². The Balaban J connectivity index is 2.94. The molecule has 1 unspecified atom stereocenters. The van der Waals surface area contributed by atoms with Crippen molar-refractivity contribution < 1.29 is 24.9 Å². The van der Waals surface area contributed by atoms with Crippen molar-refractivity contribution in [3.05, 3.63) is 36.4 Å². The van der Waals surface area contributed by atoms with E-state index in [1.807, 2.05) is 0 Å². The molecule has 0 saturated heterocycles. The van der Waals surface area contributed by atoms with Crippen molar-refractivity contribution in [2.24, 2.45) is 0 Å². The Morgan fingerprint density at radius 2 is 1.89 bits per heavy atom. The quantitative estimate of drug-likeness (QED) is 0.580. The summed E-state index contributed by atoms with van der Waals surface area (Å²) in [5.41, 5.74) is -0.354. The molecule has 1 rings (SSSR count). The number of aromatic hydroxyl groups is 2. The van der Waals surface area contributed by atoms with Gasteiger partial charge < -0.3 is 20.6 Å². The number of carboxylic acids is 1. The third-order valence-corrected chi connectivity index (χ3v) is 2.25. The highest BCUT2D eigenvalue weighted by atomic mass is 16.4. The predicted octanol–water partition coefficient (Wildman–Crippen LogP) is 0.857. The molecule has 6 heteroatoms. The van der Waals surface area contributed by atoms with Crippen molar-refractivity contribution in [2.75, 3.05) is 0 Å². The number of nitrogens with one attached hydrogen (secondary N) is 1. The van der Waals surface area contributed by atoms with Gasteiger partial charge in [0.2, 0.25) is 0 Å². The fraction of sp³-hybridized carbons (Fsp3) is 0.167. The molecule has 0 saturated carbocycles. The van der Waals surface area contributed by atoms with Gasteiger partial charge in [-0.15, -0.1) is 6.58 Å². The van der Waals surface area contributed by atoms with Crippen LogP contribution in [0.1, 0.15) is 16.8 Å². The van der Waals surface area contributed by atoms with Gasteiger partial charge in [0, 0.05) is 0 Å². The zero-order chi connectivity index (χ0) is 13.7. The first kappa shape index (κ1) is 13.6. The van der Waals surface area contributed by atoms with Gasteiger partial charge in [0.25, 0.3) is 5.91 Å². The lowest BCUT2D eigenvalue weighted by Gasteiger charge is -2.13. The summed E-state index contributed by atoms with van der Waals surface area (Å²) in [6, 6.07) is 2.64. The molecule has 96 valence electrons. The highest BCUT2D eigenvalue weighted by Gasteiger charge is 2.22. The van der Waals surface area contributed by atoms with Crippen LogP contribution < -0.4 is 5.32 Å². The summed E-state index contributed by atoms with van der Waals surface area (Å²) in [7, 11) is 0. The van der Waals surface area contributed by atoms with E-state index in [0.29, 0.717) is 0 Å². The fourth-order valence-corrected chi connectivity index (χ4v) is 1.38. The number of hydrogen-bond donors (Lipinski definition) is 4. The molecule has 0 radical (unpaired) electrons. The topological polar surface area (TPSA) is 107 Å². The second kappa shape index (κ2) is 5.72. The van der Waals surface area contributed by atoms with Gasteiger partial charge in [0.05, 0.1) is 0 Å². The molecule has 0 aliphatic heterocycles. The van der Waals surface area contributed by atoms with E-state index in [4.69, 9.17) is 5.11 Å². The third-order valence-electron chi connectivity index (χ3n) is 2.25. The molecule has 18 heavy (non-hydrogen) atoms. The summed E-state index contributed by atoms with van der Waals surface area (Å²) in [5.74, 6) is -2.93. The van der Waals surface area contributed by atoms with Gasteiger partial charge >= 0.3 is 5.97 Å². The second-order valence-electron chi connectivity index (χ2n) is 3.56. The normalized spacial score (nSPS) is 11.6. The maximum Gasteiger partial charge on any atom is 0.326 e. The Morgan fingerprint density at radius 3 is 2.33 bits per heavy atom. The van der Waals surface area contributed by atoms with Crippen LogP contribution in [-0.2, 0) is 4.79 Å². The third kappa shape index (κ3) is 3.00. The van der Waals surface area contributed by atoms with E-state index < -0.39 is 29.4 Å². The standard InChI is InChI=1S/C12H13NO5/c1-2-4-7(12(17)18)13-11(16)10-8(14)5-3-6-9(10)15/h2-3,5-7,14-15H,1,4H2,(H,13,16)(H,17,18). The van der Waals surface area contributed by atoms with Crippen LogP contribution in [0.4, 0.5) is 0 Å². The lowest BCUT2D eigenvalue weighted by atomic mass is 10.1. The van der Waals surface area contributed by atoms with E-state index >= 15 is 0 Å².